The lowest BCUT2D eigenvalue weighted by Gasteiger charge is -2.33. The fourth-order valence-electron chi connectivity index (χ4n) is 3.10. The Hall–Kier alpha value is -2.40. The third kappa shape index (κ3) is 4.37. The number of ether oxygens (including phenoxy) is 1. The molecule has 1 aliphatic rings. The van der Waals surface area contributed by atoms with E-state index in [4.69, 9.17) is 4.74 Å². The number of nitrogens with zero attached hydrogens (tertiary/aromatic N) is 2. The van der Waals surface area contributed by atoms with Crippen molar-refractivity contribution in [1.82, 2.24) is 15.2 Å². The number of pyridine rings is 1. The van der Waals surface area contributed by atoms with Crippen LogP contribution in [0, 0.1) is 0 Å². The van der Waals surface area contributed by atoms with Gasteiger partial charge in [-0.05, 0) is 37.5 Å². The van der Waals surface area contributed by atoms with E-state index in [0.717, 1.165) is 24.1 Å². The molecule has 1 aromatic carbocycles. The van der Waals surface area contributed by atoms with E-state index < -0.39 is 0 Å². The monoisotopic (exact) mass is 339 g/mol. The van der Waals surface area contributed by atoms with Gasteiger partial charge in [0.1, 0.15) is 0 Å². The van der Waals surface area contributed by atoms with Gasteiger partial charge in [-0.2, -0.15) is 0 Å². The summed E-state index contributed by atoms with van der Waals surface area (Å²) in [5.74, 6) is 0. The molecule has 1 N–H and O–H groups in total. The lowest BCUT2D eigenvalue weighted by molar-refractivity contribution is 0.00141. The van der Waals surface area contributed by atoms with Gasteiger partial charge in [-0.1, -0.05) is 36.4 Å². The van der Waals surface area contributed by atoms with Gasteiger partial charge < -0.3 is 15.0 Å². The van der Waals surface area contributed by atoms with Gasteiger partial charge in [-0.3, -0.25) is 4.98 Å². The molecule has 25 heavy (non-hydrogen) atoms. The van der Waals surface area contributed by atoms with E-state index in [1.165, 1.54) is 0 Å². The summed E-state index contributed by atoms with van der Waals surface area (Å²) in [5, 5.41) is 3.15. The molecule has 0 spiro atoms. The molecule has 2 heterocycles. The van der Waals surface area contributed by atoms with Crippen LogP contribution in [-0.4, -0.2) is 35.6 Å². The summed E-state index contributed by atoms with van der Waals surface area (Å²) in [4.78, 5) is 18.7. The fourth-order valence-corrected chi connectivity index (χ4v) is 3.10. The van der Waals surface area contributed by atoms with Crippen molar-refractivity contribution < 1.29 is 9.53 Å². The zero-order valence-corrected chi connectivity index (χ0v) is 14.8. The molecule has 1 aromatic heterocycles. The number of nitrogens with one attached hydrogen (secondary N) is 1. The Morgan fingerprint density at radius 1 is 1.24 bits per heavy atom. The lowest BCUT2D eigenvalue weighted by Crippen LogP contribution is -2.46. The number of aromatic nitrogens is 1. The molecule has 3 rings (SSSR count). The smallest absolute Gasteiger partial charge is 0.317 e. The fraction of sp³-hybridized carbons (Fsp3) is 0.400. The molecule has 2 amide bonds. The zero-order valence-electron chi connectivity index (χ0n) is 14.8. The van der Waals surface area contributed by atoms with Crippen LogP contribution >= 0.6 is 0 Å². The van der Waals surface area contributed by atoms with Crippen molar-refractivity contribution in [2.75, 3.05) is 13.7 Å². The highest BCUT2D eigenvalue weighted by atomic mass is 16.5. The van der Waals surface area contributed by atoms with Crippen molar-refractivity contribution in [2.24, 2.45) is 0 Å². The molecule has 0 radical (unpaired) electrons. The molecule has 5 nitrogen and oxygen atoms in total. The number of urea groups is 1. The predicted octanol–water partition coefficient (Wildman–Crippen LogP) is 3.70. The summed E-state index contributed by atoms with van der Waals surface area (Å²) < 4.78 is 5.88. The van der Waals surface area contributed by atoms with Crippen LogP contribution < -0.4 is 5.32 Å². The number of carbonyl (C=O) groups is 1. The maximum atomic E-state index is 12.6. The van der Waals surface area contributed by atoms with Gasteiger partial charge in [-0.25, -0.2) is 4.79 Å². The molecule has 0 aliphatic carbocycles. The van der Waals surface area contributed by atoms with E-state index >= 15 is 0 Å². The van der Waals surface area contributed by atoms with Gasteiger partial charge in [0, 0.05) is 25.9 Å². The minimum Gasteiger partial charge on any atom is -0.373 e. The molecular formula is C20H25N3O2. The third-order valence-electron chi connectivity index (χ3n) is 4.80. The molecule has 1 aliphatic heterocycles. The highest BCUT2D eigenvalue weighted by Gasteiger charge is 2.27. The quantitative estimate of drug-likeness (QED) is 0.924. The predicted molar refractivity (Wildman–Crippen MR) is 97.1 cm³/mol. The Morgan fingerprint density at radius 3 is 2.72 bits per heavy atom. The van der Waals surface area contributed by atoms with Crippen LogP contribution in [0.5, 0.6) is 0 Å². The molecule has 132 valence electrons. The van der Waals surface area contributed by atoms with Gasteiger partial charge in [-0.15, -0.1) is 0 Å². The number of rotatable bonds is 4. The van der Waals surface area contributed by atoms with E-state index in [0.29, 0.717) is 6.61 Å². The van der Waals surface area contributed by atoms with Crippen molar-refractivity contribution >= 4 is 6.03 Å². The first-order valence-electron chi connectivity index (χ1n) is 8.76. The largest absolute Gasteiger partial charge is 0.373 e. The van der Waals surface area contributed by atoms with Crippen LogP contribution in [0.4, 0.5) is 4.79 Å². The minimum absolute atomic E-state index is 0.0405. The van der Waals surface area contributed by atoms with Crippen LogP contribution in [0.1, 0.15) is 43.2 Å². The molecule has 1 saturated heterocycles. The van der Waals surface area contributed by atoms with Gasteiger partial charge in [0.25, 0.3) is 0 Å². The molecule has 3 unspecified atom stereocenters. The molecular weight excluding hydrogens is 314 g/mol. The first-order chi connectivity index (χ1) is 12.1. The van der Waals surface area contributed by atoms with Crippen molar-refractivity contribution in [3.05, 3.63) is 66.0 Å². The maximum Gasteiger partial charge on any atom is 0.317 e. The van der Waals surface area contributed by atoms with Crippen molar-refractivity contribution in [1.29, 1.82) is 0 Å². The highest BCUT2D eigenvalue weighted by Crippen LogP contribution is 2.28. The number of benzene rings is 1. The maximum absolute atomic E-state index is 12.6. The summed E-state index contributed by atoms with van der Waals surface area (Å²) >= 11 is 0. The summed E-state index contributed by atoms with van der Waals surface area (Å²) in [5.41, 5.74) is 2.05. The number of hydrogen-bond donors (Lipinski definition) is 1. The molecule has 0 saturated carbocycles. The average Bonchev–Trinajstić information content (AvgIpc) is 2.68. The number of amides is 2. The zero-order chi connectivity index (χ0) is 17.6. The van der Waals surface area contributed by atoms with Gasteiger partial charge in [0.2, 0.25) is 0 Å². The second kappa shape index (κ2) is 8.12. The minimum atomic E-state index is -0.0778. The lowest BCUT2D eigenvalue weighted by atomic mass is 9.97. The SMILES string of the molecule is CC(c1ccccn1)N(C)C(=O)NC1CCOC(c2ccccc2)C1. The van der Waals surface area contributed by atoms with Crippen molar-refractivity contribution in [3.63, 3.8) is 0 Å². The molecule has 2 aromatic rings. The van der Waals surface area contributed by atoms with E-state index in [1.54, 1.807) is 11.1 Å². The standard InChI is InChI=1S/C20H25N3O2/c1-15(18-10-6-7-12-21-18)23(2)20(24)22-17-11-13-25-19(14-17)16-8-4-3-5-9-16/h3-10,12,15,17,19H,11,13-14H2,1-2H3,(H,22,24). The Balaban J connectivity index is 1.58. The normalized spacial score (nSPS) is 21.4. The molecule has 5 heteroatoms. The average molecular weight is 339 g/mol. The van der Waals surface area contributed by atoms with E-state index in [2.05, 4.69) is 22.4 Å². The van der Waals surface area contributed by atoms with Crippen LogP contribution in [0.2, 0.25) is 0 Å². The van der Waals surface area contributed by atoms with Crippen LogP contribution in [0.3, 0.4) is 0 Å². The van der Waals surface area contributed by atoms with Crippen LogP contribution in [0.15, 0.2) is 54.7 Å². The summed E-state index contributed by atoms with van der Waals surface area (Å²) in [6.45, 7) is 2.64. The topological polar surface area (TPSA) is 54.5 Å². The van der Waals surface area contributed by atoms with E-state index in [-0.39, 0.29) is 24.2 Å². The second-order valence-corrected chi connectivity index (χ2v) is 6.48. The summed E-state index contributed by atoms with van der Waals surface area (Å²) in [6, 6.07) is 15.9. The Labute approximate surface area is 149 Å². The van der Waals surface area contributed by atoms with Crippen LogP contribution in [-0.2, 0) is 4.74 Å². The van der Waals surface area contributed by atoms with E-state index in [9.17, 15) is 4.79 Å². The number of hydrogen-bond acceptors (Lipinski definition) is 3. The third-order valence-corrected chi connectivity index (χ3v) is 4.80. The van der Waals surface area contributed by atoms with Crippen LogP contribution in [0.25, 0.3) is 0 Å². The van der Waals surface area contributed by atoms with Gasteiger partial charge in [0.15, 0.2) is 0 Å². The first kappa shape index (κ1) is 17.4. The first-order valence-corrected chi connectivity index (χ1v) is 8.76. The second-order valence-electron chi connectivity index (χ2n) is 6.48. The van der Waals surface area contributed by atoms with Crippen molar-refractivity contribution in [3.8, 4) is 0 Å². The van der Waals surface area contributed by atoms with E-state index in [1.807, 2.05) is 50.4 Å². The Bertz CT molecular complexity index is 678. The van der Waals surface area contributed by atoms with Gasteiger partial charge in [0.05, 0.1) is 17.8 Å². The van der Waals surface area contributed by atoms with Crippen molar-refractivity contribution in [2.45, 2.75) is 38.0 Å². The Kier molecular flexibility index (Phi) is 5.66. The van der Waals surface area contributed by atoms with Gasteiger partial charge >= 0.3 is 6.03 Å². The summed E-state index contributed by atoms with van der Waals surface area (Å²) in [6.07, 6.45) is 3.42. The molecule has 3 atom stereocenters. The molecule has 0 bridgehead atoms. The number of carbonyl (C=O) groups excluding carboxylic acids is 1. The highest BCUT2D eigenvalue weighted by molar-refractivity contribution is 5.74. The molecule has 1 fully saturated rings. The summed E-state index contributed by atoms with van der Waals surface area (Å²) in [7, 11) is 1.81. The Morgan fingerprint density at radius 2 is 2.00 bits per heavy atom.